The average molecular weight is 285 g/mol. The number of rotatable bonds is 4. The molecule has 1 aliphatic rings. The number of aryl methyl sites for hydroxylation is 1. The van der Waals surface area contributed by atoms with Crippen LogP contribution in [-0.2, 0) is 4.79 Å². The zero-order valence-corrected chi connectivity index (χ0v) is 12.8. The molecule has 1 amide bonds. The summed E-state index contributed by atoms with van der Waals surface area (Å²) in [5.41, 5.74) is 2.48. The highest BCUT2D eigenvalue weighted by atomic mass is 16.2. The smallest absolute Gasteiger partial charge is 0.242 e. The number of nitrogens with one attached hydrogen (secondary N) is 2. The summed E-state index contributed by atoms with van der Waals surface area (Å²) in [5.74, 6) is 0.0312. The minimum absolute atomic E-state index is 0.0312. The molecule has 1 saturated carbocycles. The molecule has 112 valence electrons. The van der Waals surface area contributed by atoms with E-state index in [9.17, 15) is 4.79 Å². The molecular weight excluding hydrogens is 262 g/mol. The van der Waals surface area contributed by atoms with E-state index in [1.807, 2.05) is 19.9 Å². The van der Waals surface area contributed by atoms with Gasteiger partial charge in [-0.2, -0.15) is 5.26 Å². The zero-order chi connectivity index (χ0) is 15.2. The second kappa shape index (κ2) is 7.12. The average Bonchev–Trinajstić information content (AvgIpc) is 2.50. The minimum atomic E-state index is -0.306. The largest absolute Gasteiger partial charge is 0.374 e. The number of hydrogen-bond acceptors (Lipinski definition) is 3. The molecule has 1 aromatic rings. The van der Waals surface area contributed by atoms with Crippen molar-refractivity contribution in [3.05, 3.63) is 29.3 Å². The molecule has 4 heteroatoms. The van der Waals surface area contributed by atoms with Gasteiger partial charge in [0.25, 0.3) is 0 Å². The maximum atomic E-state index is 12.2. The lowest BCUT2D eigenvalue weighted by Crippen LogP contribution is -2.44. The van der Waals surface area contributed by atoms with Gasteiger partial charge in [-0.15, -0.1) is 0 Å². The monoisotopic (exact) mass is 285 g/mol. The van der Waals surface area contributed by atoms with E-state index in [1.54, 1.807) is 12.1 Å². The maximum Gasteiger partial charge on any atom is 0.242 e. The van der Waals surface area contributed by atoms with Crippen LogP contribution in [0.25, 0.3) is 0 Å². The SMILES string of the molecule is Cc1ccc(C#N)cc1NC(C)C(=O)NC1CCCCC1. The van der Waals surface area contributed by atoms with Crippen LogP contribution in [0.3, 0.4) is 0 Å². The van der Waals surface area contributed by atoms with Gasteiger partial charge >= 0.3 is 0 Å². The molecule has 2 rings (SSSR count). The van der Waals surface area contributed by atoms with Crippen LogP contribution in [0.2, 0.25) is 0 Å². The van der Waals surface area contributed by atoms with Gasteiger partial charge in [0.2, 0.25) is 5.91 Å². The first-order valence-corrected chi connectivity index (χ1v) is 7.68. The molecule has 0 aromatic heterocycles. The number of anilines is 1. The molecule has 1 aromatic carbocycles. The lowest BCUT2D eigenvalue weighted by atomic mass is 9.95. The fourth-order valence-corrected chi connectivity index (χ4v) is 2.72. The van der Waals surface area contributed by atoms with Crippen molar-refractivity contribution in [2.75, 3.05) is 5.32 Å². The van der Waals surface area contributed by atoms with E-state index in [-0.39, 0.29) is 11.9 Å². The van der Waals surface area contributed by atoms with Gasteiger partial charge in [-0.05, 0) is 44.4 Å². The summed E-state index contributed by atoms with van der Waals surface area (Å²) in [6.07, 6.45) is 5.86. The molecule has 0 aliphatic heterocycles. The first-order chi connectivity index (χ1) is 10.1. The molecule has 21 heavy (non-hydrogen) atoms. The maximum absolute atomic E-state index is 12.2. The second-order valence-electron chi connectivity index (χ2n) is 5.85. The van der Waals surface area contributed by atoms with Crippen LogP contribution in [0.15, 0.2) is 18.2 Å². The Labute approximate surface area is 126 Å². The van der Waals surface area contributed by atoms with Gasteiger partial charge in [0, 0.05) is 11.7 Å². The number of benzene rings is 1. The Balaban J connectivity index is 1.95. The van der Waals surface area contributed by atoms with Crippen LogP contribution in [-0.4, -0.2) is 18.0 Å². The Bertz CT molecular complexity index is 541. The topological polar surface area (TPSA) is 64.9 Å². The zero-order valence-electron chi connectivity index (χ0n) is 12.8. The summed E-state index contributed by atoms with van der Waals surface area (Å²) in [5, 5.41) is 15.3. The summed E-state index contributed by atoms with van der Waals surface area (Å²) < 4.78 is 0. The van der Waals surface area contributed by atoms with Crippen LogP contribution < -0.4 is 10.6 Å². The third-order valence-electron chi connectivity index (χ3n) is 4.08. The molecular formula is C17H23N3O. The Hall–Kier alpha value is -2.02. The van der Waals surface area contributed by atoms with E-state index in [0.717, 1.165) is 24.1 Å². The molecule has 0 radical (unpaired) electrons. The van der Waals surface area contributed by atoms with E-state index in [4.69, 9.17) is 5.26 Å². The molecule has 1 atom stereocenters. The van der Waals surface area contributed by atoms with Crippen molar-refractivity contribution in [2.45, 2.75) is 58.0 Å². The summed E-state index contributed by atoms with van der Waals surface area (Å²) in [7, 11) is 0. The molecule has 1 aliphatic carbocycles. The van der Waals surface area contributed by atoms with Crippen molar-refractivity contribution < 1.29 is 4.79 Å². The molecule has 2 N–H and O–H groups in total. The van der Waals surface area contributed by atoms with E-state index < -0.39 is 0 Å². The van der Waals surface area contributed by atoms with Crippen molar-refractivity contribution in [2.24, 2.45) is 0 Å². The molecule has 0 heterocycles. The molecule has 1 unspecified atom stereocenters. The second-order valence-corrected chi connectivity index (χ2v) is 5.85. The summed E-state index contributed by atoms with van der Waals surface area (Å²) in [6, 6.07) is 7.61. The number of carbonyl (C=O) groups excluding carboxylic acids is 1. The Morgan fingerprint density at radius 3 is 2.71 bits per heavy atom. The van der Waals surface area contributed by atoms with E-state index in [2.05, 4.69) is 16.7 Å². The lowest BCUT2D eigenvalue weighted by molar-refractivity contribution is -0.122. The normalized spacial score (nSPS) is 16.8. The molecule has 0 spiro atoms. The van der Waals surface area contributed by atoms with Crippen LogP contribution >= 0.6 is 0 Å². The third kappa shape index (κ3) is 4.22. The van der Waals surface area contributed by atoms with Crippen LogP contribution in [0.4, 0.5) is 5.69 Å². The van der Waals surface area contributed by atoms with Crippen LogP contribution in [0, 0.1) is 18.3 Å². The molecule has 0 saturated heterocycles. The number of nitriles is 1. The van der Waals surface area contributed by atoms with Crippen molar-refractivity contribution in [1.29, 1.82) is 5.26 Å². The van der Waals surface area contributed by atoms with Crippen molar-refractivity contribution in [3.8, 4) is 6.07 Å². The molecule has 1 fully saturated rings. The number of carbonyl (C=O) groups is 1. The molecule has 0 bridgehead atoms. The number of nitrogens with zero attached hydrogens (tertiary/aromatic N) is 1. The predicted octanol–water partition coefficient (Wildman–Crippen LogP) is 3.12. The Kier molecular flexibility index (Phi) is 5.21. The van der Waals surface area contributed by atoms with Crippen LogP contribution in [0.1, 0.15) is 50.2 Å². The van der Waals surface area contributed by atoms with E-state index in [0.29, 0.717) is 11.6 Å². The summed E-state index contributed by atoms with van der Waals surface area (Å²) in [6.45, 7) is 3.83. The van der Waals surface area contributed by atoms with Gasteiger partial charge in [0.05, 0.1) is 11.6 Å². The highest BCUT2D eigenvalue weighted by molar-refractivity contribution is 5.84. The standard InChI is InChI=1S/C17H23N3O/c1-12-8-9-14(11-18)10-16(12)19-13(2)17(21)20-15-6-4-3-5-7-15/h8-10,13,15,19H,3-7H2,1-2H3,(H,20,21). The van der Waals surface area contributed by atoms with E-state index >= 15 is 0 Å². The minimum Gasteiger partial charge on any atom is -0.374 e. The quantitative estimate of drug-likeness (QED) is 0.893. The van der Waals surface area contributed by atoms with Gasteiger partial charge in [-0.1, -0.05) is 25.3 Å². The highest BCUT2D eigenvalue weighted by Gasteiger charge is 2.19. The Morgan fingerprint density at radius 2 is 2.05 bits per heavy atom. The number of amides is 1. The summed E-state index contributed by atoms with van der Waals surface area (Å²) >= 11 is 0. The van der Waals surface area contributed by atoms with Gasteiger partial charge in [0.1, 0.15) is 6.04 Å². The fraction of sp³-hybridized carbons (Fsp3) is 0.529. The highest BCUT2D eigenvalue weighted by Crippen LogP contribution is 2.19. The molecule has 4 nitrogen and oxygen atoms in total. The van der Waals surface area contributed by atoms with E-state index in [1.165, 1.54) is 19.3 Å². The van der Waals surface area contributed by atoms with Gasteiger partial charge in [-0.25, -0.2) is 0 Å². The van der Waals surface area contributed by atoms with Gasteiger partial charge in [0.15, 0.2) is 0 Å². The summed E-state index contributed by atoms with van der Waals surface area (Å²) in [4.78, 5) is 12.2. The van der Waals surface area contributed by atoms with Gasteiger partial charge in [-0.3, -0.25) is 4.79 Å². The first-order valence-electron chi connectivity index (χ1n) is 7.68. The fourth-order valence-electron chi connectivity index (χ4n) is 2.72. The Morgan fingerprint density at radius 1 is 1.33 bits per heavy atom. The first kappa shape index (κ1) is 15.4. The van der Waals surface area contributed by atoms with Crippen molar-refractivity contribution >= 4 is 11.6 Å². The third-order valence-corrected chi connectivity index (χ3v) is 4.08. The van der Waals surface area contributed by atoms with Crippen LogP contribution in [0.5, 0.6) is 0 Å². The predicted molar refractivity (Wildman–Crippen MR) is 84.0 cm³/mol. The van der Waals surface area contributed by atoms with Crippen molar-refractivity contribution in [3.63, 3.8) is 0 Å². The van der Waals surface area contributed by atoms with Gasteiger partial charge < -0.3 is 10.6 Å². The van der Waals surface area contributed by atoms with Crippen molar-refractivity contribution in [1.82, 2.24) is 5.32 Å². The lowest BCUT2D eigenvalue weighted by Gasteiger charge is -2.25. The number of hydrogen-bond donors (Lipinski definition) is 2.